The van der Waals surface area contributed by atoms with Crippen LogP contribution < -0.4 is 21.9 Å². The van der Waals surface area contributed by atoms with E-state index in [0.29, 0.717) is 5.92 Å². The van der Waals surface area contributed by atoms with Gasteiger partial charge in [-0.25, -0.2) is 0 Å². The summed E-state index contributed by atoms with van der Waals surface area (Å²) in [7, 11) is 0. The smallest absolute Gasteiger partial charge is 0.207 e. The van der Waals surface area contributed by atoms with Crippen molar-refractivity contribution in [1.29, 1.82) is 10.8 Å². The van der Waals surface area contributed by atoms with Crippen LogP contribution in [0.4, 0.5) is 0 Å². The SMILES string of the molecule is Cl.N=C(N)NNC(=N)NC(CCc1ccccc1)C1CCC1. The lowest BCUT2D eigenvalue weighted by Crippen LogP contribution is -2.54. The van der Waals surface area contributed by atoms with Crippen molar-refractivity contribution in [2.45, 2.75) is 38.1 Å². The molecule has 2 rings (SSSR count). The fraction of sp³-hybridized carbons (Fsp3) is 0.467. The second-order valence-corrected chi connectivity index (χ2v) is 5.50. The van der Waals surface area contributed by atoms with Gasteiger partial charge in [0.25, 0.3) is 0 Å². The molecule has 0 saturated heterocycles. The summed E-state index contributed by atoms with van der Waals surface area (Å²) in [6.07, 6.45) is 5.72. The molecule has 1 atom stereocenters. The van der Waals surface area contributed by atoms with Crippen LogP contribution in [0.5, 0.6) is 0 Å². The summed E-state index contributed by atoms with van der Waals surface area (Å²) in [5.41, 5.74) is 11.5. The van der Waals surface area contributed by atoms with E-state index in [-0.39, 0.29) is 30.4 Å². The molecule has 1 aromatic rings. The van der Waals surface area contributed by atoms with Crippen molar-refractivity contribution in [2.24, 2.45) is 11.7 Å². The zero-order valence-electron chi connectivity index (χ0n) is 12.6. The molecule has 0 aliphatic heterocycles. The molecule has 0 aromatic heterocycles. The van der Waals surface area contributed by atoms with Gasteiger partial charge in [-0.2, -0.15) is 0 Å². The van der Waals surface area contributed by atoms with Crippen molar-refractivity contribution in [3.8, 4) is 0 Å². The highest BCUT2D eigenvalue weighted by atomic mass is 35.5. The molecule has 0 bridgehead atoms. The molecule has 7 N–H and O–H groups in total. The van der Waals surface area contributed by atoms with Gasteiger partial charge in [0, 0.05) is 6.04 Å². The fourth-order valence-electron chi connectivity index (χ4n) is 2.59. The molecule has 1 fully saturated rings. The van der Waals surface area contributed by atoms with Gasteiger partial charge >= 0.3 is 0 Å². The normalized spacial score (nSPS) is 14.9. The second-order valence-electron chi connectivity index (χ2n) is 5.50. The van der Waals surface area contributed by atoms with Gasteiger partial charge in [0.2, 0.25) is 11.9 Å². The summed E-state index contributed by atoms with van der Waals surface area (Å²) >= 11 is 0. The maximum absolute atomic E-state index is 7.85. The third kappa shape index (κ3) is 5.81. The number of guanidine groups is 2. The molecule has 0 heterocycles. The van der Waals surface area contributed by atoms with Crippen molar-refractivity contribution in [3.05, 3.63) is 35.9 Å². The first-order chi connectivity index (χ1) is 10.1. The Morgan fingerprint density at radius 1 is 1.18 bits per heavy atom. The van der Waals surface area contributed by atoms with E-state index in [4.69, 9.17) is 16.6 Å². The van der Waals surface area contributed by atoms with Crippen molar-refractivity contribution < 1.29 is 0 Å². The number of nitrogens with one attached hydrogen (secondary N) is 5. The van der Waals surface area contributed by atoms with E-state index in [1.54, 1.807) is 0 Å². The van der Waals surface area contributed by atoms with E-state index in [9.17, 15) is 0 Å². The number of halogens is 1. The number of nitrogens with two attached hydrogens (primary N) is 1. The summed E-state index contributed by atoms with van der Waals surface area (Å²) in [4.78, 5) is 0. The van der Waals surface area contributed by atoms with Gasteiger partial charge in [-0.1, -0.05) is 36.8 Å². The van der Waals surface area contributed by atoms with E-state index in [1.165, 1.54) is 24.8 Å². The monoisotopic (exact) mass is 324 g/mol. The minimum atomic E-state index is -0.203. The van der Waals surface area contributed by atoms with Crippen LogP contribution in [0.3, 0.4) is 0 Å². The van der Waals surface area contributed by atoms with Crippen LogP contribution in [-0.4, -0.2) is 18.0 Å². The molecule has 122 valence electrons. The number of hydrogen-bond donors (Lipinski definition) is 6. The molecular formula is C15H25ClN6. The van der Waals surface area contributed by atoms with Crippen LogP contribution in [-0.2, 0) is 6.42 Å². The topological polar surface area (TPSA) is 110 Å². The average Bonchev–Trinajstić information content (AvgIpc) is 2.42. The lowest BCUT2D eigenvalue weighted by molar-refractivity contribution is 0.236. The highest BCUT2D eigenvalue weighted by Crippen LogP contribution is 2.31. The molecule has 0 radical (unpaired) electrons. The van der Waals surface area contributed by atoms with Crippen molar-refractivity contribution >= 4 is 24.3 Å². The Labute approximate surface area is 137 Å². The largest absolute Gasteiger partial charge is 0.369 e. The zero-order chi connectivity index (χ0) is 15.1. The van der Waals surface area contributed by atoms with E-state index in [1.807, 2.05) is 6.07 Å². The van der Waals surface area contributed by atoms with Crippen LogP contribution in [0.2, 0.25) is 0 Å². The quantitative estimate of drug-likeness (QED) is 0.281. The number of benzene rings is 1. The first-order valence-corrected chi connectivity index (χ1v) is 7.40. The number of hydrogen-bond acceptors (Lipinski definition) is 2. The van der Waals surface area contributed by atoms with Gasteiger partial charge in [-0.3, -0.25) is 21.7 Å². The van der Waals surface area contributed by atoms with Gasteiger partial charge in [0.15, 0.2) is 0 Å². The molecule has 0 amide bonds. The van der Waals surface area contributed by atoms with Gasteiger partial charge in [-0.05, 0) is 37.2 Å². The Bertz CT molecular complexity index is 474. The molecule has 1 aliphatic carbocycles. The number of rotatable bonds is 5. The van der Waals surface area contributed by atoms with Gasteiger partial charge in [-0.15, -0.1) is 12.4 Å². The van der Waals surface area contributed by atoms with Crippen LogP contribution >= 0.6 is 12.4 Å². The van der Waals surface area contributed by atoms with E-state index < -0.39 is 0 Å². The van der Waals surface area contributed by atoms with E-state index in [2.05, 4.69) is 40.4 Å². The van der Waals surface area contributed by atoms with Crippen molar-refractivity contribution in [2.75, 3.05) is 0 Å². The van der Waals surface area contributed by atoms with Gasteiger partial charge < -0.3 is 11.1 Å². The van der Waals surface area contributed by atoms with Crippen LogP contribution in [0, 0.1) is 16.7 Å². The Morgan fingerprint density at radius 3 is 2.41 bits per heavy atom. The molecule has 1 aromatic carbocycles. The Hall–Kier alpha value is -1.95. The third-order valence-electron chi connectivity index (χ3n) is 3.96. The standard InChI is InChI=1S/C15H24N6.ClH/c16-14(17)20-21-15(18)19-13(12-7-4-8-12)10-9-11-5-2-1-3-6-11;/h1-3,5-6,12-13H,4,7-10H2,(H4,16,17,20)(H3,18,19,21);1H. The second kappa shape index (κ2) is 9.15. The molecular weight excluding hydrogens is 300 g/mol. The summed E-state index contributed by atoms with van der Waals surface area (Å²) in [6.45, 7) is 0. The lowest BCUT2D eigenvalue weighted by atomic mass is 9.78. The number of hydrazine groups is 1. The summed E-state index contributed by atoms with van der Waals surface area (Å²) in [6, 6.07) is 10.7. The summed E-state index contributed by atoms with van der Waals surface area (Å²) < 4.78 is 0. The number of aryl methyl sites for hydroxylation is 1. The van der Waals surface area contributed by atoms with E-state index >= 15 is 0 Å². The first kappa shape index (κ1) is 18.1. The Balaban J connectivity index is 0.00000242. The maximum atomic E-state index is 7.85. The molecule has 1 aliphatic rings. The molecule has 0 spiro atoms. The predicted molar refractivity (Wildman–Crippen MR) is 92.2 cm³/mol. The maximum Gasteiger partial charge on any atom is 0.207 e. The lowest BCUT2D eigenvalue weighted by Gasteiger charge is -2.35. The fourth-order valence-corrected chi connectivity index (χ4v) is 2.59. The summed E-state index contributed by atoms with van der Waals surface area (Å²) in [5.74, 6) is 0.592. The highest BCUT2D eigenvalue weighted by Gasteiger charge is 2.27. The minimum absolute atomic E-state index is 0. The third-order valence-corrected chi connectivity index (χ3v) is 3.96. The van der Waals surface area contributed by atoms with Gasteiger partial charge in [0.1, 0.15) is 0 Å². The molecule has 6 nitrogen and oxygen atoms in total. The highest BCUT2D eigenvalue weighted by molar-refractivity contribution is 5.85. The van der Waals surface area contributed by atoms with Crippen molar-refractivity contribution in [1.82, 2.24) is 16.2 Å². The first-order valence-electron chi connectivity index (χ1n) is 7.40. The van der Waals surface area contributed by atoms with Crippen molar-refractivity contribution in [3.63, 3.8) is 0 Å². The van der Waals surface area contributed by atoms with Gasteiger partial charge in [0.05, 0.1) is 0 Å². The summed E-state index contributed by atoms with van der Waals surface area (Å²) in [5, 5.41) is 18.1. The average molecular weight is 325 g/mol. The van der Waals surface area contributed by atoms with Crippen LogP contribution in [0.1, 0.15) is 31.2 Å². The Morgan fingerprint density at radius 2 is 1.86 bits per heavy atom. The van der Waals surface area contributed by atoms with Crippen LogP contribution in [0.15, 0.2) is 30.3 Å². The molecule has 7 heteroatoms. The zero-order valence-corrected chi connectivity index (χ0v) is 13.4. The predicted octanol–water partition coefficient (Wildman–Crippen LogP) is 1.72. The molecule has 1 unspecified atom stereocenters. The molecule has 1 saturated carbocycles. The van der Waals surface area contributed by atoms with E-state index in [0.717, 1.165) is 12.8 Å². The minimum Gasteiger partial charge on any atom is -0.369 e. The Kier molecular flexibility index (Phi) is 7.52. The van der Waals surface area contributed by atoms with Crippen LogP contribution in [0.25, 0.3) is 0 Å². The molecule has 22 heavy (non-hydrogen) atoms.